The van der Waals surface area contributed by atoms with Crippen LogP contribution in [0.25, 0.3) is 0 Å². The molecule has 8 nitrogen and oxygen atoms in total. The average Bonchev–Trinajstić information content (AvgIpc) is 2.53. The molecule has 0 bridgehead atoms. The SMILES string of the molecule is COCCNS(=O)(=O)c1ccc(C(=O)NC(C)CCC(=O)O)cc1. The van der Waals surface area contributed by atoms with Crippen molar-refractivity contribution in [2.24, 2.45) is 0 Å². The van der Waals surface area contributed by atoms with Gasteiger partial charge >= 0.3 is 5.97 Å². The summed E-state index contributed by atoms with van der Waals surface area (Å²) in [5, 5.41) is 11.3. The van der Waals surface area contributed by atoms with Crippen LogP contribution in [0.1, 0.15) is 30.1 Å². The average molecular weight is 358 g/mol. The van der Waals surface area contributed by atoms with Crippen LogP contribution in [-0.2, 0) is 19.6 Å². The number of carboxylic acids is 1. The molecule has 0 spiro atoms. The molecule has 9 heteroatoms. The molecule has 0 aliphatic rings. The van der Waals surface area contributed by atoms with Crippen LogP contribution in [0.2, 0.25) is 0 Å². The number of nitrogens with one attached hydrogen (secondary N) is 2. The number of rotatable bonds is 10. The van der Waals surface area contributed by atoms with Crippen molar-refractivity contribution in [3.63, 3.8) is 0 Å². The number of methoxy groups -OCH3 is 1. The first-order valence-electron chi connectivity index (χ1n) is 7.37. The van der Waals surface area contributed by atoms with Crippen molar-refractivity contribution in [2.75, 3.05) is 20.3 Å². The van der Waals surface area contributed by atoms with Gasteiger partial charge in [-0.1, -0.05) is 0 Å². The minimum atomic E-state index is -3.64. The van der Waals surface area contributed by atoms with Gasteiger partial charge in [-0.2, -0.15) is 0 Å². The van der Waals surface area contributed by atoms with Crippen molar-refractivity contribution in [3.8, 4) is 0 Å². The fraction of sp³-hybridized carbons (Fsp3) is 0.467. The highest BCUT2D eigenvalue weighted by molar-refractivity contribution is 7.89. The number of carbonyl (C=O) groups is 2. The zero-order chi connectivity index (χ0) is 18.2. The molecule has 0 aliphatic heterocycles. The van der Waals surface area contributed by atoms with Crippen LogP contribution in [0.3, 0.4) is 0 Å². The third-order valence-corrected chi connectivity index (χ3v) is 4.67. The number of sulfonamides is 1. The summed E-state index contributed by atoms with van der Waals surface area (Å²) in [5.41, 5.74) is 0.299. The van der Waals surface area contributed by atoms with Gasteiger partial charge in [-0.3, -0.25) is 9.59 Å². The second-order valence-electron chi connectivity index (χ2n) is 5.22. The Morgan fingerprint density at radius 2 is 1.88 bits per heavy atom. The van der Waals surface area contributed by atoms with Gasteiger partial charge in [-0.05, 0) is 37.6 Å². The Kier molecular flexibility index (Phi) is 7.83. The van der Waals surface area contributed by atoms with Gasteiger partial charge in [0.25, 0.3) is 5.91 Å². The Hall–Kier alpha value is -1.97. The van der Waals surface area contributed by atoms with Gasteiger partial charge in [-0.15, -0.1) is 0 Å². The summed E-state index contributed by atoms with van der Waals surface area (Å²) in [6.45, 7) is 2.12. The van der Waals surface area contributed by atoms with E-state index in [1.165, 1.54) is 31.4 Å². The lowest BCUT2D eigenvalue weighted by Gasteiger charge is -2.13. The van der Waals surface area contributed by atoms with Gasteiger partial charge in [0, 0.05) is 31.7 Å². The van der Waals surface area contributed by atoms with Crippen LogP contribution in [-0.4, -0.2) is 51.7 Å². The molecule has 0 aliphatic carbocycles. The summed E-state index contributed by atoms with van der Waals surface area (Å²) in [6.07, 6.45) is 0.280. The van der Waals surface area contributed by atoms with Crippen LogP contribution < -0.4 is 10.0 Å². The topological polar surface area (TPSA) is 122 Å². The van der Waals surface area contributed by atoms with Gasteiger partial charge in [0.1, 0.15) is 0 Å². The number of hydrogen-bond donors (Lipinski definition) is 3. The second-order valence-corrected chi connectivity index (χ2v) is 6.99. The maximum absolute atomic E-state index is 12.0. The largest absolute Gasteiger partial charge is 0.481 e. The van der Waals surface area contributed by atoms with Crippen LogP contribution in [0.5, 0.6) is 0 Å². The summed E-state index contributed by atoms with van der Waals surface area (Å²) in [7, 11) is -2.17. The quantitative estimate of drug-likeness (QED) is 0.526. The van der Waals surface area contributed by atoms with Crippen molar-refractivity contribution in [2.45, 2.75) is 30.7 Å². The summed E-state index contributed by atoms with van der Waals surface area (Å²) < 4.78 is 31.1. The van der Waals surface area contributed by atoms with Crippen LogP contribution in [0.4, 0.5) is 0 Å². The fourth-order valence-electron chi connectivity index (χ4n) is 1.87. The summed E-state index contributed by atoms with van der Waals surface area (Å²) in [5.74, 6) is -1.31. The van der Waals surface area contributed by atoms with Gasteiger partial charge in [0.2, 0.25) is 10.0 Å². The number of ether oxygens (including phenoxy) is 1. The molecule has 0 saturated carbocycles. The highest BCUT2D eigenvalue weighted by atomic mass is 32.2. The Morgan fingerprint density at radius 3 is 2.42 bits per heavy atom. The molecule has 1 amide bonds. The lowest BCUT2D eigenvalue weighted by Crippen LogP contribution is -2.33. The molecule has 3 N–H and O–H groups in total. The molecule has 0 fully saturated rings. The third kappa shape index (κ3) is 6.65. The standard InChI is InChI=1S/C15H22N2O6S/c1-11(3-8-14(18)19)17-15(20)12-4-6-13(7-5-12)24(21,22)16-9-10-23-2/h4-7,11,16H,3,8-10H2,1-2H3,(H,17,20)(H,18,19). The zero-order valence-electron chi connectivity index (χ0n) is 13.6. The molecule has 0 radical (unpaired) electrons. The van der Waals surface area contributed by atoms with Gasteiger partial charge < -0.3 is 15.2 Å². The van der Waals surface area contributed by atoms with E-state index < -0.39 is 16.0 Å². The lowest BCUT2D eigenvalue weighted by atomic mass is 10.1. The van der Waals surface area contributed by atoms with E-state index in [0.717, 1.165) is 0 Å². The van der Waals surface area contributed by atoms with E-state index in [9.17, 15) is 18.0 Å². The summed E-state index contributed by atoms with van der Waals surface area (Å²) in [6, 6.07) is 5.19. The second kappa shape index (κ2) is 9.36. The summed E-state index contributed by atoms with van der Waals surface area (Å²) in [4.78, 5) is 22.6. The Balaban J connectivity index is 2.66. The van der Waals surface area contributed by atoms with Gasteiger partial charge in [0.15, 0.2) is 0 Å². The van der Waals surface area contributed by atoms with E-state index in [-0.39, 0.29) is 36.4 Å². The van der Waals surface area contributed by atoms with Crippen LogP contribution >= 0.6 is 0 Å². The van der Waals surface area contributed by atoms with Crippen molar-refractivity contribution >= 4 is 21.9 Å². The minimum Gasteiger partial charge on any atom is -0.481 e. The number of benzene rings is 1. The van der Waals surface area contributed by atoms with Crippen molar-refractivity contribution < 1.29 is 27.9 Å². The zero-order valence-corrected chi connectivity index (χ0v) is 14.4. The minimum absolute atomic E-state index is 0.0359. The van der Waals surface area contributed by atoms with E-state index in [1.54, 1.807) is 6.92 Å². The van der Waals surface area contributed by atoms with Crippen LogP contribution in [0, 0.1) is 0 Å². The maximum Gasteiger partial charge on any atom is 0.303 e. The number of carbonyl (C=O) groups excluding carboxylic acids is 1. The molecule has 0 saturated heterocycles. The predicted molar refractivity (Wildman–Crippen MR) is 87.3 cm³/mol. The number of aliphatic carboxylic acids is 1. The van der Waals surface area contributed by atoms with Crippen molar-refractivity contribution in [1.82, 2.24) is 10.0 Å². The molecule has 1 aromatic carbocycles. The van der Waals surface area contributed by atoms with E-state index in [0.29, 0.717) is 12.0 Å². The predicted octanol–water partition coefficient (Wildman–Crippen LogP) is 0.594. The van der Waals surface area contributed by atoms with E-state index >= 15 is 0 Å². The highest BCUT2D eigenvalue weighted by Gasteiger charge is 2.15. The van der Waals surface area contributed by atoms with Crippen molar-refractivity contribution in [3.05, 3.63) is 29.8 Å². The lowest BCUT2D eigenvalue weighted by molar-refractivity contribution is -0.137. The van der Waals surface area contributed by atoms with Gasteiger partial charge in [0.05, 0.1) is 11.5 Å². The van der Waals surface area contributed by atoms with Crippen LogP contribution in [0.15, 0.2) is 29.2 Å². The smallest absolute Gasteiger partial charge is 0.303 e. The maximum atomic E-state index is 12.0. The Bertz CT molecular complexity index is 657. The molecular formula is C15H22N2O6S. The number of amides is 1. The molecule has 1 rings (SSSR count). The molecule has 24 heavy (non-hydrogen) atoms. The molecule has 0 heterocycles. The fourth-order valence-corrected chi connectivity index (χ4v) is 2.88. The first kappa shape index (κ1) is 20.1. The van der Waals surface area contributed by atoms with E-state index in [4.69, 9.17) is 9.84 Å². The number of carboxylic acid groups (broad SMARTS) is 1. The van der Waals surface area contributed by atoms with E-state index in [2.05, 4.69) is 10.0 Å². The Labute approximate surface area is 141 Å². The first-order chi connectivity index (χ1) is 11.3. The van der Waals surface area contributed by atoms with E-state index in [1.807, 2.05) is 0 Å². The van der Waals surface area contributed by atoms with Gasteiger partial charge in [-0.25, -0.2) is 13.1 Å². The molecule has 1 aromatic rings. The molecule has 0 aromatic heterocycles. The molecule has 134 valence electrons. The monoisotopic (exact) mass is 358 g/mol. The highest BCUT2D eigenvalue weighted by Crippen LogP contribution is 2.11. The molecular weight excluding hydrogens is 336 g/mol. The molecule has 1 atom stereocenters. The summed E-state index contributed by atoms with van der Waals surface area (Å²) >= 11 is 0. The third-order valence-electron chi connectivity index (χ3n) is 3.19. The number of hydrogen-bond acceptors (Lipinski definition) is 5. The molecule has 1 unspecified atom stereocenters. The first-order valence-corrected chi connectivity index (χ1v) is 8.86. The normalized spacial score (nSPS) is 12.6. The van der Waals surface area contributed by atoms with Crippen molar-refractivity contribution in [1.29, 1.82) is 0 Å². The Morgan fingerprint density at radius 1 is 1.25 bits per heavy atom.